The predicted molar refractivity (Wildman–Crippen MR) is 63.6 cm³/mol. The second kappa shape index (κ2) is 5.73. The number of hydrogen-bond donors (Lipinski definition) is 0. The van der Waals surface area contributed by atoms with Crippen molar-refractivity contribution in [3.05, 3.63) is 16.1 Å². The molecule has 0 N–H and O–H groups in total. The second-order valence-electron chi connectivity index (χ2n) is 3.04. The van der Waals surface area contributed by atoms with Gasteiger partial charge in [-0.05, 0) is 5.25 Å². The second-order valence-corrected chi connectivity index (χ2v) is 5.82. The summed E-state index contributed by atoms with van der Waals surface area (Å²) < 4.78 is 0. The quantitative estimate of drug-likeness (QED) is 0.593. The predicted octanol–water partition coefficient (Wildman–Crippen LogP) is 3.21. The number of alkyl halides is 1. The zero-order valence-electron chi connectivity index (χ0n) is 8.12. The Morgan fingerprint density at radius 2 is 2.43 bits per heavy atom. The van der Waals surface area contributed by atoms with Crippen molar-refractivity contribution in [1.82, 2.24) is 4.98 Å². The summed E-state index contributed by atoms with van der Waals surface area (Å²) in [5, 5.41) is 3.37. The average molecular weight is 250 g/mol. The third-order valence-corrected chi connectivity index (χ3v) is 3.88. The summed E-state index contributed by atoms with van der Waals surface area (Å²) in [4.78, 5) is 15.4. The molecule has 1 aromatic rings. The number of nitrogens with zero attached hydrogens (tertiary/aromatic N) is 1. The molecule has 0 spiro atoms. The Labute approximate surface area is 97.1 Å². The van der Waals surface area contributed by atoms with E-state index in [4.69, 9.17) is 11.6 Å². The van der Waals surface area contributed by atoms with E-state index in [1.165, 1.54) is 11.3 Å². The Hall–Kier alpha value is -0.0600. The molecule has 5 heteroatoms. The number of Topliss-reactive ketones (excluding diaryl/α,β-unsaturated/α-hetero) is 1. The van der Waals surface area contributed by atoms with E-state index in [1.807, 2.05) is 11.8 Å². The van der Waals surface area contributed by atoms with E-state index in [2.05, 4.69) is 18.8 Å². The number of halogens is 1. The molecule has 0 fully saturated rings. The highest BCUT2D eigenvalue weighted by atomic mass is 35.5. The zero-order chi connectivity index (χ0) is 10.6. The summed E-state index contributed by atoms with van der Waals surface area (Å²) in [6.45, 7) is 4.28. The van der Waals surface area contributed by atoms with Gasteiger partial charge in [-0.3, -0.25) is 4.79 Å². The molecule has 0 amide bonds. The van der Waals surface area contributed by atoms with Crippen molar-refractivity contribution in [2.24, 2.45) is 0 Å². The molecule has 1 rings (SSSR count). The van der Waals surface area contributed by atoms with Crippen molar-refractivity contribution >= 4 is 40.5 Å². The van der Waals surface area contributed by atoms with Crippen LogP contribution in [0.4, 0.5) is 0 Å². The first-order valence-electron chi connectivity index (χ1n) is 4.28. The number of thioether (sulfide) groups is 1. The number of aromatic nitrogens is 1. The molecule has 1 heterocycles. The van der Waals surface area contributed by atoms with Crippen LogP contribution in [0.15, 0.2) is 5.38 Å². The van der Waals surface area contributed by atoms with Crippen LogP contribution in [0, 0.1) is 0 Å². The molecule has 0 saturated heterocycles. The van der Waals surface area contributed by atoms with Crippen molar-refractivity contribution in [1.29, 1.82) is 0 Å². The van der Waals surface area contributed by atoms with Crippen molar-refractivity contribution in [2.75, 3.05) is 5.88 Å². The van der Waals surface area contributed by atoms with Gasteiger partial charge in [-0.15, -0.1) is 22.9 Å². The van der Waals surface area contributed by atoms with Gasteiger partial charge >= 0.3 is 0 Å². The van der Waals surface area contributed by atoms with Crippen LogP contribution in [0.1, 0.15) is 29.3 Å². The highest BCUT2D eigenvalue weighted by Gasteiger charge is 2.09. The van der Waals surface area contributed by atoms with Gasteiger partial charge in [0.25, 0.3) is 0 Å². The zero-order valence-corrected chi connectivity index (χ0v) is 10.5. The van der Waals surface area contributed by atoms with Crippen LogP contribution in [0.25, 0.3) is 0 Å². The van der Waals surface area contributed by atoms with Crippen molar-refractivity contribution in [3.8, 4) is 0 Å². The Morgan fingerprint density at radius 1 is 1.71 bits per heavy atom. The third-order valence-electron chi connectivity index (χ3n) is 1.50. The number of hydrogen-bond acceptors (Lipinski definition) is 4. The Morgan fingerprint density at radius 3 is 3.00 bits per heavy atom. The van der Waals surface area contributed by atoms with E-state index in [0.717, 1.165) is 10.8 Å². The van der Waals surface area contributed by atoms with Gasteiger partial charge in [0.1, 0.15) is 10.7 Å². The van der Waals surface area contributed by atoms with Gasteiger partial charge in [-0.25, -0.2) is 4.98 Å². The highest BCUT2D eigenvalue weighted by molar-refractivity contribution is 7.99. The number of carbonyl (C=O) groups excluding carboxylic acids is 1. The van der Waals surface area contributed by atoms with Gasteiger partial charge in [0, 0.05) is 11.1 Å². The molecule has 0 aliphatic heterocycles. The molecule has 0 aliphatic rings. The molecule has 0 aromatic carbocycles. The van der Waals surface area contributed by atoms with E-state index >= 15 is 0 Å². The Balaban J connectivity index is 2.55. The average Bonchev–Trinajstić information content (AvgIpc) is 2.62. The molecule has 0 bridgehead atoms. The van der Waals surface area contributed by atoms with E-state index < -0.39 is 0 Å². The molecule has 1 aromatic heterocycles. The first kappa shape index (κ1) is 12.0. The van der Waals surface area contributed by atoms with Crippen LogP contribution >= 0.6 is 34.7 Å². The van der Waals surface area contributed by atoms with Gasteiger partial charge in [-0.2, -0.15) is 11.8 Å². The third kappa shape index (κ3) is 3.59. The fourth-order valence-corrected chi connectivity index (χ4v) is 2.55. The minimum atomic E-state index is -0.0938. The maximum atomic E-state index is 11.2. The molecule has 0 radical (unpaired) electrons. The summed E-state index contributed by atoms with van der Waals surface area (Å²) >= 11 is 8.78. The molecular formula is C9H12ClNOS2. The van der Waals surface area contributed by atoms with Crippen LogP contribution in [0.3, 0.4) is 0 Å². The van der Waals surface area contributed by atoms with Crippen LogP contribution in [-0.4, -0.2) is 21.9 Å². The van der Waals surface area contributed by atoms with Gasteiger partial charge in [0.05, 0.1) is 5.88 Å². The van der Waals surface area contributed by atoms with E-state index in [-0.39, 0.29) is 11.7 Å². The number of thiazole rings is 1. The van der Waals surface area contributed by atoms with Crippen molar-refractivity contribution < 1.29 is 4.79 Å². The smallest absolute Gasteiger partial charge is 0.196 e. The number of rotatable bonds is 5. The molecule has 14 heavy (non-hydrogen) atoms. The summed E-state index contributed by atoms with van der Waals surface area (Å²) in [7, 11) is 0. The van der Waals surface area contributed by atoms with E-state index in [1.54, 1.807) is 5.38 Å². The molecular weight excluding hydrogens is 238 g/mol. The van der Waals surface area contributed by atoms with E-state index in [0.29, 0.717) is 10.9 Å². The van der Waals surface area contributed by atoms with Crippen LogP contribution in [0.5, 0.6) is 0 Å². The van der Waals surface area contributed by atoms with Crippen molar-refractivity contribution in [3.63, 3.8) is 0 Å². The summed E-state index contributed by atoms with van der Waals surface area (Å²) in [5.41, 5.74) is 0.504. The summed E-state index contributed by atoms with van der Waals surface area (Å²) in [6.07, 6.45) is 0. The molecule has 78 valence electrons. The topological polar surface area (TPSA) is 30.0 Å². The van der Waals surface area contributed by atoms with Crippen LogP contribution < -0.4 is 0 Å². The lowest BCUT2D eigenvalue weighted by molar-refractivity contribution is 0.101. The minimum absolute atomic E-state index is 0.0144. The summed E-state index contributed by atoms with van der Waals surface area (Å²) in [6, 6.07) is 0. The fraction of sp³-hybridized carbons (Fsp3) is 0.556. The Bertz CT molecular complexity index is 312. The van der Waals surface area contributed by atoms with Crippen molar-refractivity contribution in [2.45, 2.75) is 24.9 Å². The summed E-state index contributed by atoms with van der Waals surface area (Å²) in [5.74, 6) is 0.794. The minimum Gasteiger partial charge on any atom is -0.291 e. The highest BCUT2D eigenvalue weighted by Crippen LogP contribution is 2.20. The number of carbonyl (C=O) groups is 1. The lowest BCUT2D eigenvalue weighted by Crippen LogP contribution is -2.00. The molecule has 0 aliphatic carbocycles. The van der Waals surface area contributed by atoms with Gasteiger partial charge in [0.2, 0.25) is 0 Å². The first-order valence-corrected chi connectivity index (χ1v) is 6.75. The SMILES string of the molecule is CC(C)SCc1nc(C(=O)CCl)cs1. The monoisotopic (exact) mass is 249 g/mol. The molecule has 0 saturated carbocycles. The van der Waals surface area contributed by atoms with Gasteiger partial charge in [0.15, 0.2) is 5.78 Å². The maximum absolute atomic E-state index is 11.2. The molecule has 2 nitrogen and oxygen atoms in total. The largest absolute Gasteiger partial charge is 0.291 e. The first-order chi connectivity index (χ1) is 6.63. The van der Waals surface area contributed by atoms with Crippen LogP contribution in [0.2, 0.25) is 0 Å². The number of ketones is 1. The molecule has 0 unspecified atom stereocenters. The maximum Gasteiger partial charge on any atom is 0.196 e. The Kier molecular flexibility index (Phi) is 4.92. The van der Waals surface area contributed by atoms with Crippen LogP contribution in [-0.2, 0) is 5.75 Å². The lowest BCUT2D eigenvalue weighted by atomic mass is 10.3. The standard InChI is InChI=1S/C9H12ClNOS2/c1-6(2)13-5-9-11-7(4-14-9)8(12)3-10/h4,6H,3,5H2,1-2H3. The van der Waals surface area contributed by atoms with Gasteiger partial charge < -0.3 is 0 Å². The lowest BCUT2D eigenvalue weighted by Gasteiger charge is -2.00. The van der Waals surface area contributed by atoms with Gasteiger partial charge in [-0.1, -0.05) is 13.8 Å². The normalized spacial score (nSPS) is 10.9. The molecule has 0 atom stereocenters. The van der Waals surface area contributed by atoms with E-state index in [9.17, 15) is 4.79 Å². The fourth-order valence-electron chi connectivity index (χ4n) is 0.812.